The number of anilines is 2. The molecular weight excluding hydrogens is 519 g/mol. The predicted molar refractivity (Wildman–Crippen MR) is 148 cm³/mol. The van der Waals surface area contributed by atoms with Crippen LogP contribution < -0.4 is 9.80 Å². The van der Waals surface area contributed by atoms with Crippen LogP contribution in [0.2, 0.25) is 0 Å². The topological polar surface area (TPSA) is 104 Å². The number of benzene rings is 1. The summed E-state index contributed by atoms with van der Waals surface area (Å²) in [6.45, 7) is 0.648. The van der Waals surface area contributed by atoms with Crippen LogP contribution in [0, 0.1) is 17.0 Å². The van der Waals surface area contributed by atoms with Gasteiger partial charge in [-0.1, -0.05) is 61.3 Å². The summed E-state index contributed by atoms with van der Waals surface area (Å²) in [5.74, 6) is -1.06. The van der Waals surface area contributed by atoms with Gasteiger partial charge in [-0.05, 0) is 36.5 Å². The molecule has 8 nitrogen and oxygen atoms in total. The number of carbonyl (C=O) groups is 3. The summed E-state index contributed by atoms with van der Waals surface area (Å²) in [5.41, 5.74) is 2.14. The molecule has 0 spiro atoms. The van der Waals surface area contributed by atoms with E-state index in [1.54, 1.807) is 29.3 Å². The summed E-state index contributed by atoms with van der Waals surface area (Å²) in [4.78, 5) is 48.9. The Kier molecular flexibility index (Phi) is 8.02. The zero-order valence-electron chi connectivity index (χ0n) is 21.8. The first-order valence-corrected chi connectivity index (χ1v) is 14.2. The molecule has 2 amide bonds. The third-order valence-corrected chi connectivity index (χ3v) is 8.57. The Bertz CT molecular complexity index is 1370. The monoisotopic (exact) mass is 550 g/mol. The molecule has 10 heteroatoms. The molecule has 204 valence electrons. The van der Waals surface area contributed by atoms with E-state index in [0.717, 1.165) is 54.6 Å². The Morgan fingerprint density at radius 1 is 1.15 bits per heavy atom. The molecule has 2 aliphatic rings. The first-order valence-electron chi connectivity index (χ1n) is 13.3. The van der Waals surface area contributed by atoms with E-state index in [9.17, 15) is 19.5 Å². The van der Waals surface area contributed by atoms with E-state index >= 15 is 4.39 Å². The van der Waals surface area contributed by atoms with Crippen molar-refractivity contribution >= 4 is 40.1 Å². The van der Waals surface area contributed by atoms with E-state index < -0.39 is 17.0 Å². The smallest absolute Gasteiger partial charge is 0.304 e. The third kappa shape index (κ3) is 5.85. The zero-order chi connectivity index (χ0) is 27.5. The second-order valence-electron chi connectivity index (χ2n) is 10.3. The standard InChI is InChI=1S/C29H31FN4O4S/c1-33(28(38)20(16-25(36)37)15-18-7-2-3-8-18)29-32-26(27(30)39-29)22-10-5-4-9-21(22)19-12-13-23(31-17-19)34-14-6-11-24(34)35/h4-5,9-10,12-13,17-18,20H,2-3,6-8,11,14-16H2,1H3,(H,36,37)/t20-/m1/s1. The fraction of sp³-hybridized carbons (Fsp3) is 0.414. The van der Waals surface area contributed by atoms with Crippen molar-refractivity contribution in [1.29, 1.82) is 0 Å². The molecule has 1 aliphatic heterocycles. The Balaban J connectivity index is 1.40. The minimum Gasteiger partial charge on any atom is -0.481 e. The van der Waals surface area contributed by atoms with Crippen molar-refractivity contribution in [2.45, 2.75) is 51.4 Å². The van der Waals surface area contributed by atoms with E-state index in [2.05, 4.69) is 9.97 Å². The Morgan fingerprint density at radius 3 is 2.54 bits per heavy atom. The number of halogens is 1. The lowest BCUT2D eigenvalue weighted by molar-refractivity contribution is -0.140. The molecule has 1 aliphatic carbocycles. The van der Waals surface area contributed by atoms with Crippen molar-refractivity contribution in [2.24, 2.45) is 11.8 Å². The summed E-state index contributed by atoms with van der Waals surface area (Å²) >= 11 is 0.768. The maximum Gasteiger partial charge on any atom is 0.304 e. The maximum atomic E-state index is 15.3. The Morgan fingerprint density at radius 2 is 1.90 bits per heavy atom. The highest BCUT2D eigenvalue weighted by Crippen LogP contribution is 2.38. The van der Waals surface area contributed by atoms with E-state index in [-0.39, 0.29) is 29.1 Å². The molecule has 2 aromatic heterocycles. The molecule has 1 saturated heterocycles. The summed E-state index contributed by atoms with van der Waals surface area (Å²) in [6.07, 6.45) is 7.47. The number of nitrogens with zero attached hydrogens (tertiary/aromatic N) is 4. The number of carboxylic acid groups (broad SMARTS) is 1. The van der Waals surface area contributed by atoms with Crippen LogP contribution in [0.3, 0.4) is 0 Å². The van der Waals surface area contributed by atoms with Crippen molar-refractivity contribution in [3.8, 4) is 22.4 Å². The van der Waals surface area contributed by atoms with Gasteiger partial charge in [0.05, 0.1) is 6.42 Å². The van der Waals surface area contributed by atoms with Crippen LogP contribution in [0.15, 0.2) is 42.6 Å². The van der Waals surface area contributed by atoms with Gasteiger partial charge >= 0.3 is 5.97 Å². The molecule has 0 bridgehead atoms. The van der Waals surface area contributed by atoms with Crippen molar-refractivity contribution in [3.63, 3.8) is 0 Å². The van der Waals surface area contributed by atoms with Gasteiger partial charge in [0.1, 0.15) is 11.5 Å². The minimum absolute atomic E-state index is 0.0558. The average Bonchev–Trinajstić information content (AvgIpc) is 3.69. The van der Waals surface area contributed by atoms with Gasteiger partial charge in [-0.3, -0.25) is 24.2 Å². The first-order chi connectivity index (χ1) is 18.8. The van der Waals surface area contributed by atoms with Crippen LogP contribution in [0.5, 0.6) is 0 Å². The molecule has 1 saturated carbocycles. The van der Waals surface area contributed by atoms with Gasteiger partial charge in [0, 0.05) is 43.3 Å². The van der Waals surface area contributed by atoms with E-state index in [4.69, 9.17) is 0 Å². The van der Waals surface area contributed by atoms with Gasteiger partial charge in [0.15, 0.2) is 5.13 Å². The van der Waals surface area contributed by atoms with Crippen molar-refractivity contribution in [2.75, 3.05) is 23.4 Å². The number of thiazole rings is 1. The molecule has 3 aromatic rings. The van der Waals surface area contributed by atoms with Crippen LogP contribution in [0.4, 0.5) is 15.3 Å². The number of pyridine rings is 1. The highest BCUT2D eigenvalue weighted by atomic mass is 32.1. The molecule has 2 fully saturated rings. The number of carbonyl (C=O) groups excluding carboxylic acids is 2. The van der Waals surface area contributed by atoms with E-state index in [1.807, 2.05) is 18.2 Å². The van der Waals surface area contributed by atoms with E-state index in [0.29, 0.717) is 36.7 Å². The van der Waals surface area contributed by atoms with Crippen LogP contribution >= 0.6 is 11.3 Å². The second-order valence-corrected chi connectivity index (χ2v) is 11.2. The quantitative estimate of drug-likeness (QED) is 0.363. The number of aliphatic carboxylic acids is 1. The molecule has 3 heterocycles. The van der Waals surface area contributed by atoms with Crippen LogP contribution in [0.25, 0.3) is 22.4 Å². The van der Waals surface area contributed by atoms with Crippen molar-refractivity contribution in [1.82, 2.24) is 9.97 Å². The number of carboxylic acids is 1. The lowest BCUT2D eigenvalue weighted by atomic mass is 9.90. The average molecular weight is 551 g/mol. The number of hydrogen-bond acceptors (Lipinski definition) is 6. The van der Waals surface area contributed by atoms with Crippen LogP contribution in [-0.4, -0.2) is 46.5 Å². The number of aromatic nitrogens is 2. The van der Waals surface area contributed by atoms with Gasteiger partial charge < -0.3 is 5.11 Å². The second kappa shape index (κ2) is 11.6. The molecule has 0 radical (unpaired) electrons. The summed E-state index contributed by atoms with van der Waals surface area (Å²) < 4.78 is 15.3. The SMILES string of the molecule is CN(C(=O)[C@@H](CC(=O)O)CC1CCCC1)c1nc(-c2ccccc2-c2ccc(N3CCCC3=O)nc2)c(F)s1. The van der Waals surface area contributed by atoms with Gasteiger partial charge in [-0.15, -0.1) is 0 Å². The summed E-state index contributed by atoms with van der Waals surface area (Å²) in [7, 11) is 1.53. The predicted octanol–water partition coefficient (Wildman–Crippen LogP) is 5.77. The van der Waals surface area contributed by atoms with Gasteiger partial charge in [0.2, 0.25) is 16.9 Å². The normalized spacial score (nSPS) is 16.6. The van der Waals surface area contributed by atoms with Gasteiger partial charge in [-0.2, -0.15) is 4.39 Å². The fourth-order valence-electron chi connectivity index (χ4n) is 5.64. The Hall–Kier alpha value is -3.66. The molecule has 39 heavy (non-hydrogen) atoms. The van der Waals surface area contributed by atoms with Gasteiger partial charge in [0.25, 0.3) is 0 Å². The lowest BCUT2D eigenvalue weighted by Crippen LogP contribution is -2.35. The minimum atomic E-state index is -1.02. The largest absolute Gasteiger partial charge is 0.481 e. The molecule has 1 atom stereocenters. The number of rotatable bonds is 9. The van der Waals surface area contributed by atoms with Crippen molar-refractivity contribution < 1.29 is 23.9 Å². The molecule has 0 unspecified atom stereocenters. The number of hydrogen-bond donors (Lipinski definition) is 1. The highest BCUT2D eigenvalue weighted by molar-refractivity contribution is 7.14. The number of amides is 2. The molecular formula is C29H31FN4O4S. The van der Waals surface area contributed by atoms with Crippen molar-refractivity contribution in [3.05, 3.63) is 47.7 Å². The maximum absolute atomic E-state index is 15.3. The molecule has 1 N–H and O–H groups in total. The highest BCUT2D eigenvalue weighted by Gasteiger charge is 2.31. The van der Waals surface area contributed by atoms with Crippen LogP contribution in [-0.2, 0) is 14.4 Å². The molecule has 1 aromatic carbocycles. The van der Waals surface area contributed by atoms with Crippen LogP contribution in [0.1, 0.15) is 51.4 Å². The van der Waals surface area contributed by atoms with Gasteiger partial charge in [-0.25, -0.2) is 9.97 Å². The Labute approximate surface area is 230 Å². The first kappa shape index (κ1) is 26.9. The fourth-order valence-corrected chi connectivity index (χ4v) is 6.41. The zero-order valence-corrected chi connectivity index (χ0v) is 22.6. The third-order valence-electron chi connectivity index (χ3n) is 7.65. The lowest BCUT2D eigenvalue weighted by Gasteiger charge is -2.23. The molecule has 5 rings (SSSR count). The van der Waals surface area contributed by atoms with E-state index in [1.165, 1.54) is 11.9 Å². The summed E-state index contributed by atoms with van der Waals surface area (Å²) in [6, 6.07) is 10.9. The summed E-state index contributed by atoms with van der Waals surface area (Å²) in [5, 5.41) is 9.07.